The highest BCUT2D eigenvalue weighted by Gasteiger charge is 2.23. The fourth-order valence-electron chi connectivity index (χ4n) is 3.62. The van der Waals surface area contributed by atoms with Gasteiger partial charge in [-0.05, 0) is 54.4 Å². The number of para-hydroxylation sites is 1. The summed E-state index contributed by atoms with van der Waals surface area (Å²) in [6.07, 6.45) is 0.755. The van der Waals surface area contributed by atoms with Gasteiger partial charge in [-0.1, -0.05) is 24.3 Å². The number of phenolic OH excluding ortho intramolecular Hbond substituents is 1. The second kappa shape index (κ2) is 7.30. The molecule has 30 heavy (non-hydrogen) atoms. The summed E-state index contributed by atoms with van der Waals surface area (Å²) in [5.41, 5.74) is 3.80. The molecule has 0 spiro atoms. The lowest BCUT2D eigenvalue weighted by Gasteiger charge is -2.08. The Balaban J connectivity index is 1.48. The lowest BCUT2D eigenvalue weighted by molar-refractivity contribution is 0.475. The van der Waals surface area contributed by atoms with Crippen LogP contribution < -0.4 is 10.1 Å². The zero-order valence-corrected chi connectivity index (χ0v) is 16.0. The molecule has 1 aliphatic heterocycles. The summed E-state index contributed by atoms with van der Waals surface area (Å²) in [6, 6.07) is 24.7. The van der Waals surface area contributed by atoms with Crippen LogP contribution in [0.15, 0.2) is 72.8 Å². The summed E-state index contributed by atoms with van der Waals surface area (Å²) in [5.74, 6) is 2.30. The number of aryl methyl sites for hydroxylation is 2. The lowest BCUT2D eigenvalue weighted by Crippen LogP contribution is -2.02. The zero-order valence-electron chi connectivity index (χ0n) is 16.0. The number of aromatic nitrogens is 2. The van der Waals surface area contributed by atoms with Crippen LogP contribution in [0.3, 0.4) is 0 Å². The Morgan fingerprint density at radius 1 is 1.00 bits per heavy atom. The van der Waals surface area contributed by atoms with Gasteiger partial charge in [0.1, 0.15) is 40.4 Å². The summed E-state index contributed by atoms with van der Waals surface area (Å²) >= 11 is 0. The monoisotopic (exact) mass is 394 g/mol. The first kappa shape index (κ1) is 17.8. The molecular formula is C24H18N4O2. The highest BCUT2D eigenvalue weighted by molar-refractivity contribution is 5.78. The average Bonchev–Trinajstić information content (AvgIpc) is 3.01. The van der Waals surface area contributed by atoms with Gasteiger partial charge in [0.25, 0.3) is 0 Å². The van der Waals surface area contributed by atoms with Crippen molar-refractivity contribution in [2.75, 3.05) is 5.32 Å². The summed E-state index contributed by atoms with van der Waals surface area (Å²) in [5, 5.41) is 27.7. The van der Waals surface area contributed by atoms with Gasteiger partial charge in [-0.3, -0.25) is 0 Å². The van der Waals surface area contributed by atoms with Crippen LogP contribution in [0, 0.1) is 11.3 Å². The fraction of sp³-hybridized carbons (Fsp3) is 0.0833. The first-order valence-electron chi connectivity index (χ1n) is 9.64. The van der Waals surface area contributed by atoms with Crippen molar-refractivity contribution in [3.8, 4) is 34.6 Å². The SMILES string of the molecule is N#Cc1c(-c2ccc(Oc3ccccc3)cc2)nn2c1Nc1cc(O)ccc1CC2. The van der Waals surface area contributed by atoms with Gasteiger partial charge in [-0.15, -0.1) is 0 Å². The molecule has 0 atom stereocenters. The van der Waals surface area contributed by atoms with E-state index in [0.717, 1.165) is 29.0 Å². The van der Waals surface area contributed by atoms with Crippen molar-refractivity contribution in [1.29, 1.82) is 5.26 Å². The van der Waals surface area contributed by atoms with E-state index in [0.29, 0.717) is 29.4 Å². The summed E-state index contributed by atoms with van der Waals surface area (Å²) in [4.78, 5) is 0. The first-order chi connectivity index (χ1) is 14.7. The van der Waals surface area contributed by atoms with Crippen LogP contribution in [0.25, 0.3) is 11.3 Å². The second-order valence-electron chi connectivity index (χ2n) is 7.06. The van der Waals surface area contributed by atoms with Crippen molar-refractivity contribution < 1.29 is 9.84 Å². The van der Waals surface area contributed by atoms with E-state index in [9.17, 15) is 10.4 Å². The molecule has 6 heteroatoms. The van der Waals surface area contributed by atoms with Gasteiger partial charge in [-0.25, -0.2) is 4.68 Å². The number of rotatable bonds is 3. The Morgan fingerprint density at radius 2 is 1.77 bits per heavy atom. The zero-order chi connectivity index (χ0) is 20.5. The van der Waals surface area contributed by atoms with Crippen LogP contribution in [0.4, 0.5) is 11.5 Å². The quantitative estimate of drug-likeness (QED) is 0.498. The average molecular weight is 394 g/mol. The molecule has 0 radical (unpaired) electrons. The number of hydrogen-bond acceptors (Lipinski definition) is 5. The van der Waals surface area contributed by atoms with Crippen LogP contribution in [0.1, 0.15) is 11.1 Å². The van der Waals surface area contributed by atoms with E-state index in [-0.39, 0.29) is 5.75 Å². The number of ether oxygens (including phenoxy) is 1. The standard InChI is InChI=1S/C24H18N4O2/c25-15-21-23(17-7-10-20(11-8-17)30-19-4-2-1-3-5-19)27-28-13-12-16-6-9-18(29)14-22(16)26-24(21)28/h1-11,14,26,29H,12-13H2. The Hall–Kier alpha value is -4.24. The third-order valence-corrected chi connectivity index (χ3v) is 5.11. The Morgan fingerprint density at radius 3 is 2.53 bits per heavy atom. The first-order valence-corrected chi connectivity index (χ1v) is 9.64. The van der Waals surface area contributed by atoms with Crippen LogP contribution in [-0.2, 0) is 13.0 Å². The molecule has 3 aromatic carbocycles. The van der Waals surface area contributed by atoms with Gasteiger partial charge in [0.15, 0.2) is 0 Å². The van der Waals surface area contributed by atoms with E-state index in [1.807, 2.05) is 65.3 Å². The molecule has 6 nitrogen and oxygen atoms in total. The molecular weight excluding hydrogens is 376 g/mol. The Labute approximate surface area is 173 Å². The number of hydrogen-bond donors (Lipinski definition) is 2. The van der Waals surface area contributed by atoms with E-state index in [4.69, 9.17) is 9.84 Å². The molecule has 0 fully saturated rings. The van der Waals surface area contributed by atoms with Gasteiger partial charge < -0.3 is 15.2 Å². The highest BCUT2D eigenvalue weighted by Crippen LogP contribution is 2.35. The van der Waals surface area contributed by atoms with Gasteiger partial charge in [-0.2, -0.15) is 10.4 Å². The Kier molecular flexibility index (Phi) is 4.34. The summed E-state index contributed by atoms with van der Waals surface area (Å²) < 4.78 is 7.67. The molecule has 1 aromatic heterocycles. The summed E-state index contributed by atoms with van der Waals surface area (Å²) in [7, 11) is 0. The van der Waals surface area contributed by atoms with Gasteiger partial charge in [0.2, 0.25) is 0 Å². The molecule has 0 unspecified atom stereocenters. The molecule has 0 saturated heterocycles. The van der Waals surface area contributed by atoms with E-state index >= 15 is 0 Å². The number of aromatic hydroxyl groups is 1. The van der Waals surface area contributed by atoms with Gasteiger partial charge in [0, 0.05) is 23.9 Å². The maximum Gasteiger partial charge on any atom is 0.147 e. The normalized spacial score (nSPS) is 12.1. The maximum absolute atomic E-state index is 9.85. The van der Waals surface area contributed by atoms with E-state index < -0.39 is 0 Å². The number of nitrogens with one attached hydrogen (secondary N) is 1. The predicted octanol–water partition coefficient (Wildman–Crippen LogP) is 5.22. The van der Waals surface area contributed by atoms with Crippen molar-refractivity contribution in [2.24, 2.45) is 0 Å². The number of anilines is 2. The minimum atomic E-state index is 0.182. The predicted molar refractivity (Wildman–Crippen MR) is 114 cm³/mol. The third-order valence-electron chi connectivity index (χ3n) is 5.11. The van der Waals surface area contributed by atoms with Crippen molar-refractivity contribution in [3.63, 3.8) is 0 Å². The molecule has 1 aliphatic rings. The van der Waals surface area contributed by atoms with Crippen molar-refractivity contribution in [3.05, 3.63) is 83.9 Å². The van der Waals surface area contributed by atoms with Crippen molar-refractivity contribution in [1.82, 2.24) is 9.78 Å². The van der Waals surface area contributed by atoms with Crippen LogP contribution in [-0.4, -0.2) is 14.9 Å². The maximum atomic E-state index is 9.85. The molecule has 0 aliphatic carbocycles. The van der Waals surface area contributed by atoms with Crippen molar-refractivity contribution >= 4 is 11.5 Å². The van der Waals surface area contributed by atoms with Crippen molar-refractivity contribution in [2.45, 2.75) is 13.0 Å². The number of phenols is 1. The third kappa shape index (κ3) is 3.23. The lowest BCUT2D eigenvalue weighted by atomic mass is 10.1. The molecule has 146 valence electrons. The van der Waals surface area contributed by atoms with Crippen LogP contribution in [0.2, 0.25) is 0 Å². The molecule has 0 bridgehead atoms. The molecule has 2 N–H and O–H groups in total. The minimum Gasteiger partial charge on any atom is -0.508 e. The van der Waals surface area contributed by atoms with Gasteiger partial charge in [0.05, 0.1) is 0 Å². The fourth-order valence-corrected chi connectivity index (χ4v) is 3.62. The number of nitrogens with zero attached hydrogens (tertiary/aromatic N) is 3. The molecule has 4 aromatic rings. The molecule has 2 heterocycles. The molecule has 0 amide bonds. The molecule has 5 rings (SSSR count). The van der Waals surface area contributed by atoms with Gasteiger partial charge >= 0.3 is 0 Å². The number of fused-ring (bicyclic) bond motifs is 2. The van der Waals surface area contributed by atoms with E-state index in [1.165, 1.54) is 0 Å². The Bertz CT molecular complexity index is 1260. The van der Waals surface area contributed by atoms with Crippen LogP contribution in [0.5, 0.6) is 17.2 Å². The van der Waals surface area contributed by atoms with Crippen LogP contribution >= 0.6 is 0 Å². The topological polar surface area (TPSA) is 83.1 Å². The summed E-state index contributed by atoms with van der Waals surface area (Å²) in [6.45, 7) is 0.643. The number of benzene rings is 3. The number of nitriles is 1. The second-order valence-corrected chi connectivity index (χ2v) is 7.06. The van der Waals surface area contributed by atoms with E-state index in [1.54, 1.807) is 12.1 Å². The smallest absolute Gasteiger partial charge is 0.147 e. The largest absolute Gasteiger partial charge is 0.508 e. The highest BCUT2D eigenvalue weighted by atomic mass is 16.5. The minimum absolute atomic E-state index is 0.182. The van der Waals surface area contributed by atoms with E-state index in [2.05, 4.69) is 11.4 Å². The molecule has 0 saturated carbocycles.